The van der Waals surface area contributed by atoms with Gasteiger partial charge in [0.25, 0.3) is 0 Å². The van der Waals surface area contributed by atoms with E-state index in [4.69, 9.17) is 0 Å². The lowest BCUT2D eigenvalue weighted by atomic mass is 9.78. The second-order valence-electron chi connectivity index (χ2n) is 6.99. The molecule has 0 spiro atoms. The maximum atomic E-state index is 12.2. The van der Waals surface area contributed by atoms with E-state index in [-0.39, 0.29) is 17.5 Å². The van der Waals surface area contributed by atoms with Crippen LogP contribution in [0.4, 0.5) is 0 Å². The number of carbonyl (C=O) groups excluding carboxylic acids is 1. The summed E-state index contributed by atoms with van der Waals surface area (Å²) >= 11 is 0. The van der Waals surface area contributed by atoms with Crippen molar-refractivity contribution in [2.75, 3.05) is 0 Å². The van der Waals surface area contributed by atoms with E-state index in [2.05, 4.69) is 45.3 Å². The number of hydrogen-bond acceptors (Lipinski definition) is 2. The summed E-state index contributed by atoms with van der Waals surface area (Å²) in [7, 11) is 0. The molecule has 4 atom stereocenters. The first-order valence-corrected chi connectivity index (χ1v) is 7.85. The van der Waals surface area contributed by atoms with Crippen molar-refractivity contribution < 1.29 is 4.79 Å². The highest BCUT2D eigenvalue weighted by Gasteiger charge is 2.30. The largest absolute Gasteiger partial charge is 0.350 e. The van der Waals surface area contributed by atoms with Crippen LogP contribution < -0.4 is 10.6 Å². The zero-order valence-corrected chi connectivity index (χ0v) is 13.5. The molecular formula is C16H32N2O. The predicted molar refractivity (Wildman–Crippen MR) is 81.1 cm³/mol. The number of amides is 1. The molecule has 0 aliphatic heterocycles. The van der Waals surface area contributed by atoms with Gasteiger partial charge in [0.1, 0.15) is 0 Å². The fourth-order valence-electron chi connectivity index (χ4n) is 2.74. The molecule has 1 fully saturated rings. The average Bonchev–Trinajstić information content (AvgIpc) is 2.34. The maximum Gasteiger partial charge on any atom is 0.237 e. The van der Waals surface area contributed by atoms with Crippen LogP contribution in [0.15, 0.2) is 0 Å². The maximum absolute atomic E-state index is 12.2. The third kappa shape index (κ3) is 4.79. The minimum absolute atomic E-state index is 0.108. The summed E-state index contributed by atoms with van der Waals surface area (Å²) < 4.78 is 0. The van der Waals surface area contributed by atoms with E-state index >= 15 is 0 Å². The number of carbonyl (C=O) groups is 1. The fourth-order valence-corrected chi connectivity index (χ4v) is 2.74. The van der Waals surface area contributed by atoms with Gasteiger partial charge < -0.3 is 10.6 Å². The van der Waals surface area contributed by atoms with Crippen molar-refractivity contribution in [2.45, 2.75) is 84.8 Å². The Bertz CT molecular complexity index is 301. The van der Waals surface area contributed by atoms with E-state index < -0.39 is 0 Å². The van der Waals surface area contributed by atoms with Gasteiger partial charge in [0.15, 0.2) is 0 Å². The SMILES string of the molecule is CCC(C)(C)NC(=O)C(C)NC1CCCC(C)C1C. The van der Waals surface area contributed by atoms with Gasteiger partial charge in [0.05, 0.1) is 6.04 Å². The first kappa shape index (κ1) is 16.5. The molecule has 1 aliphatic carbocycles. The topological polar surface area (TPSA) is 41.1 Å². The Morgan fingerprint density at radius 1 is 1.32 bits per heavy atom. The van der Waals surface area contributed by atoms with Crippen molar-refractivity contribution in [2.24, 2.45) is 11.8 Å². The predicted octanol–water partition coefficient (Wildman–Crippen LogP) is 3.09. The molecule has 0 saturated heterocycles. The van der Waals surface area contributed by atoms with E-state index in [0.717, 1.165) is 12.3 Å². The Balaban J connectivity index is 2.49. The Hall–Kier alpha value is -0.570. The quantitative estimate of drug-likeness (QED) is 0.804. The highest BCUT2D eigenvalue weighted by atomic mass is 16.2. The summed E-state index contributed by atoms with van der Waals surface area (Å²) in [4.78, 5) is 12.2. The van der Waals surface area contributed by atoms with E-state index in [1.165, 1.54) is 19.3 Å². The summed E-state index contributed by atoms with van der Waals surface area (Å²) in [6.45, 7) is 12.9. The van der Waals surface area contributed by atoms with Gasteiger partial charge in [-0.15, -0.1) is 0 Å². The van der Waals surface area contributed by atoms with Crippen molar-refractivity contribution in [1.29, 1.82) is 0 Å². The van der Waals surface area contributed by atoms with Gasteiger partial charge in [-0.3, -0.25) is 4.79 Å². The van der Waals surface area contributed by atoms with Gasteiger partial charge in [0, 0.05) is 11.6 Å². The first-order valence-electron chi connectivity index (χ1n) is 7.85. The lowest BCUT2D eigenvalue weighted by Crippen LogP contribution is -2.54. The number of hydrogen-bond donors (Lipinski definition) is 2. The van der Waals surface area contributed by atoms with Gasteiger partial charge in [-0.1, -0.05) is 33.6 Å². The minimum Gasteiger partial charge on any atom is -0.350 e. The van der Waals surface area contributed by atoms with Gasteiger partial charge in [-0.05, 0) is 45.4 Å². The van der Waals surface area contributed by atoms with Crippen molar-refractivity contribution >= 4 is 5.91 Å². The van der Waals surface area contributed by atoms with Crippen LogP contribution in [0.2, 0.25) is 0 Å². The first-order chi connectivity index (χ1) is 8.76. The molecule has 0 aromatic carbocycles. The third-order valence-electron chi connectivity index (χ3n) is 4.91. The fraction of sp³-hybridized carbons (Fsp3) is 0.938. The van der Waals surface area contributed by atoms with Gasteiger partial charge in [-0.2, -0.15) is 0 Å². The van der Waals surface area contributed by atoms with E-state index in [9.17, 15) is 4.79 Å². The smallest absolute Gasteiger partial charge is 0.237 e. The molecule has 4 unspecified atom stereocenters. The van der Waals surface area contributed by atoms with Crippen molar-refractivity contribution in [1.82, 2.24) is 10.6 Å². The summed E-state index contributed by atoms with van der Waals surface area (Å²) in [5.74, 6) is 1.54. The van der Waals surface area contributed by atoms with E-state index in [0.29, 0.717) is 12.0 Å². The normalized spacial score (nSPS) is 29.9. The zero-order valence-electron chi connectivity index (χ0n) is 13.5. The molecule has 1 amide bonds. The second-order valence-corrected chi connectivity index (χ2v) is 6.99. The van der Waals surface area contributed by atoms with Crippen LogP contribution in [0.1, 0.15) is 67.2 Å². The molecule has 0 radical (unpaired) electrons. The Kier molecular flexibility index (Phi) is 5.84. The molecule has 0 aromatic heterocycles. The van der Waals surface area contributed by atoms with Crippen LogP contribution in [0.25, 0.3) is 0 Å². The Morgan fingerprint density at radius 3 is 2.53 bits per heavy atom. The summed E-state index contributed by atoms with van der Waals surface area (Å²) in [6.07, 6.45) is 4.74. The van der Waals surface area contributed by atoms with Crippen molar-refractivity contribution in [3.63, 3.8) is 0 Å². The van der Waals surface area contributed by atoms with Crippen LogP contribution in [0, 0.1) is 11.8 Å². The van der Waals surface area contributed by atoms with Crippen LogP contribution in [-0.2, 0) is 4.79 Å². The van der Waals surface area contributed by atoms with Gasteiger partial charge in [0.2, 0.25) is 5.91 Å². The summed E-state index contributed by atoms with van der Waals surface area (Å²) in [5, 5.41) is 6.65. The molecule has 1 aliphatic rings. The van der Waals surface area contributed by atoms with Crippen LogP contribution >= 0.6 is 0 Å². The lowest BCUT2D eigenvalue weighted by molar-refractivity contribution is -0.124. The highest BCUT2D eigenvalue weighted by Crippen LogP contribution is 2.29. The van der Waals surface area contributed by atoms with Crippen LogP contribution in [0.3, 0.4) is 0 Å². The molecule has 19 heavy (non-hydrogen) atoms. The van der Waals surface area contributed by atoms with E-state index in [1.54, 1.807) is 0 Å². The standard InChI is InChI=1S/C16H32N2O/c1-7-16(5,6)18-15(19)13(4)17-14-10-8-9-11(2)12(14)3/h11-14,17H,7-10H2,1-6H3,(H,18,19). The molecule has 3 heteroatoms. The average molecular weight is 268 g/mol. The zero-order chi connectivity index (χ0) is 14.6. The second kappa shape index (κ2) is 6.74. The van der Waals surface area contributed by atoms with Gasteiger partial charge >= 0.3 is 0 Å². The monoisotopic (exact) mass is 268 g/mol. The van der Waals surface area contributed by atoms with Crippen molar-refractivity contribution in [3.8, 4) is 0 Å². The van der Waals surface area contributed by atoms with Gasteiger partial charge in [-0.25, -0.2) is 0 Å². The number of nitrogens with one attached hydrogen (secondary N) is 2. The molecule has 0 bridgehead atoms. The molecule has 1 saturated carbocycles. The van der Waals surface area contributed by atoms with Crippen molar-refractivity contribution in [3.05, 3.63) is 0 Å². The summed E-state index contributed by atoms with van der Waals surface area (Å²) in [6, 6.07) is 0.373. The molecule has 0 heterocycles. The molecule has 112 valence electrons. The summed E-state index contributed by atoms with van der Waals surface area (Å²) in [5.41, 5.74) is -0.113. The molecule has 1 rings (SSSR count). The Morgan fingerprint density at radius 2 is 1.95 bits per heavy atom. The third-order valence-corrected chi connectivity index (χ3v) is 4.91. The molecule has 2 N–H and O–H groups in total. The van der Waals surface area contributed by atoms with E-state index in [1.807, 2.05) is 6.92 Å². The van der Waals surface area contributed by atoms with Crippen LogP contribution in [-0.4, -0.2) is 23.5 Å². The Labute approximate surface area is 118 Å². The van der Waals surface area contributed by atoms with Crippen LogP contribution in [0.5, 0.6) is 0 Å². The molecule has 0 aromatic rings. The number of rotatable bonds is 5. The highest BCUT2D eigenvalue weighted by molar-refractivity contribution is 5.82. The minimum atomic E-state index is -0.113. The molecular weight excluding hydrogens is 236 g/mol. The molecule has 3 nitrogen and oxygen atoms in total. The lowest BCUT2D eigenvalue weighted by Gasteiger charge is -2.37.